The molecule has 0 radical (unpaired) electrons. The van der Waals surface area contributed by atoms with Crippen LogP contribution in [-0.4, -0.2) is 6.34 Å². The molecule has 1 aliphatic rings. The molecule has 1 heterocycles. The third-order valence-electron chi connectivity index (χ3n) is 1.35. The zero-order chi connectivity index (χ0) is 7.68. The summed E-state index contributed by atoms with van der Waals surface area (Å²) in [5.74, 6) is 0. The molecule has 0 amide bonds. The molecule has 1 aromatic carbocycles. The lowest BCUT2D eigenvalue weighted by atomic mass is 10.3. The SMILES string of the molecule is Brc1ccc2c(c1)SNC=N2. The van der Waals surface area contributed by atoms with E-state index in [2.05, 4.69) is 25.6 Å². The Balaban J connectivity index is 2.53. The van der Waals surface area contributed by atoms with Gasteiger partial charge >= 0.3 is 0 Å². The summed E-state index contributed by atoms with van der Waals surface area (Å²) in [6, 6.07) is 6.02. The smallest absolute Gasteiger partial charge is 0.0988 e. The number of nitrogens with one attached hydrogen (secondary N) is 1. The first-order chi connectivity index (χ1) is 5.36. The van der Waals surface area contributed by atoms with E-state index < -0.39 is 0 Å². The highest BCUT2D eigenvalue weighted by Crippen LogP contribution is 2.32. The maximum absolute atomic E-state index is 4.16. The van der Waals surface area contributed by atoms with Crippen molar-refractivity contribution in [3.8, 4) is 0 Å². The van der Waals surface area contributed by atoms with Crippen molar-refractivity contribution < 1.29 is 0 Å². The zero-order valence-corrected chi connectivity index (χ0v) is 7.95. The Bertz CT molecular complexity index is 311. The molecule has 1 N–H and O–H groups in total. The van der Waals surface area contributed by atoms with Gasteiger partial charge in [-0.2, -0.15) is 0 Å². The van der Waals surface area contributed by atoms with Crippen LogP contribution in [0.25, 0.3) is 0 Å². The van der Waals surface area contributed by atoms with Crippen LogP contribution in [-0.2, 0) is 0 Å². The quantitative estimate of drug-likeness (QED) is 0.691. The summed E-state index contributed by atoms with van der Waals surface area (Å²) in [5, 5.41) is 0. The molecule has 0 atom stereocenters. The predicted octanol–water partition coefficient (Wildman–Crippen LogP) is 2.72. The van der Waals surface area contributed by atoms with Gasteiger partial charge in [0.1, 0.15) is 0 Å². The van der Waals surface area contributed by atoms with Crippen LogP contribution in [0.2, 0.25) is 0 Å². The average Bonchev–Trinajstić information content (AvgIpc) is 2.04. The second kappa shape index (κ2) is 2.87. The molecule has 1 aromatic rings. The summed E-state index contributed by atoms with van der Waals surface area (Å²) >= 11 is 4.97. The first kappa shape index (κ1) is 7.18. The van der Waals surface area contributed by atoms with E-state index in [9.17, 15) is 0 Å². The van der Waals surface area contributed by atoms with Gasteiger partial charge in [-0.25, -0.2) is 4.99 Å². The van der Waals surface area contributed by atoms with E-state index in [1.807, 2.05) is 18.2 Å². The van der Waals surface area contributed by atoms with Gasteiger partial charge in [0, 0.05) is 4.47 Å². The average molecular weight is 229 g/mol. The van der Waals surface area contributed by atoms with E-state index in [4.69, 9.17) is 0 Å². The highest BCUT2D eigenvalue weighted by molar-refractivity contribution is 9.10. The van der Waals surface area contributed by atoms with Gasteiger partial charge in [-0.05, 0) is 30.1 Å². The number of hydrogen-bond donors (Lipinski definition) is 1. The van der Waals surface area contributed by atoms with Crippen LogP contribution in [0.1, 0.15) is 0 Å². The molecule has 2 nitrogen and oxygen atoms in total. The molecule has 2 rings (SSSR count). The minimum Gasteiger partial charge on any atom is -0.316 e. The van der Waals surface area contributed by atoms with Crippen LogP contribution >= 0.6 is 27.9 Å². The number of nitrogens with zero attached hydrogens (tertiary/aromatic N) is 1. The van der Waals surface area contributed by atoms with Crippen molar-refractivity contribution in [1.29, 1.82) is 0 Å². The minimum absolute atomic E-state index is 1.02. The Morgan fingerprint density at radius 2 is 2.36 bits per heavy atom. The van der Waals surface area contributed by atoms with Crippen molar-refractivity contribution in [3.05, 3.63) is 22.7 Å². The molecular formula is C7H5BrN2S. The van der Waals surface area contributed by atoms with E-state index in [-0.39, 0.29) is 0 Å². The van der Waals surface area contributed by atoms with Gasteiger partial charge in [-0.15, -0.1) is 0 Å². The van der Waals surface area contributed by atoms with Crippen LogP contribution < -0.4 is 4.72 Å². The Labute approximate surface area is 77.4 Å². The summed E-state index contributed by atoms with van der Waals surface area (Å²) in [6.07, 6.45) is 1.70. The van der Waals surface area contributed by atoms with Gasteiger partial charge in [0.15, 0.2) is 0 Å². The molecule has 11 heavy (non-hydrogen) atoms. The van der Waals surface area contributed by atoms with Gasteiger partial charge in [-0.3, -0.25) is 0 Å². The van der Waals surface area contributed by atoms with Crippen molar-refractivity contribution in [1.82, 2.24) is 4.72 Å². The number of fused-ring (bicyclic) bond motifs is 1. The summed E-state index contributed by atoms with van der Waals surface area (Å²) < 4.78 is 4.06. The summed E-state index contributed by atoms with van der Waals surface area (Å²) in [5.41, 5.74) is 1.02. The van der Waals surface area contributed by atoms with Crippen molar-refractivity contribution in [2.45, 2.75) is 4.90 Å². The van der Waals surface area contributed by atoms with Crippen molar-refractivity contribution >= 4 is 39.9 Å². The predicted molar refractivity (Wildman–Crippen MR) is 51.3 cm³/mol. The van der Waals surface area contributed by atoms with Gasteiger partial charge in [0.05, 0.1) is 16.9 Å². The van der Waals surface area contributed by atoms with Crippen LogP contribution in [0.5, 0.6) is 0 Å². The van der Waals surface area contributed by atoms with E-state index in [0.29, 0.717) is 0 Å². The Hall–Kier alpha value is -0.480. The fourth-order valence-corrected chi connectivity index (χ4v) is 2.02. The summed E-state index contributed by atoms with van der Waals surface area (Å²) in [7, 11) is 0. The maximum Gasteiger partial charge on any atom is 0.0988 e. The lowest BCUT2D eigenvalue weighted by molar-refractivity contribution is 1.31. The number of rotatable bonds is 0. The number of hydrogen-bond acceptors (Lipinski definition) is 3. The summed E-state index contributed by atoms with van der Waals surface area (Å²) in [6.45, 7) is 0. The third-order valence-corrected chi connectivity index (χ3v) is 2.61. The molecule has 56 valence electrons. The standard InChI is InChI=1S/C7H5BrN2S/c8-5-1-2-6-7(3-5)11-10-4-9-6/h1-4H,(H,9,10). The fourth-order valence-electron chi connectivity index (χ4n) is 0.862. The third kappa shape index (κ3) is 1.41. The second-order valence-electron chi connectivity index (χ2n) is 2.09. The lowest BCUT2D eigenvalue weighted by Crippen LogP contribution is -2.02. The molecule has 0 spiro atoms. The van der Waals surface area contributed by atoms with Crippen LogP contribution in [0, 0.1) is 0 Å². The number of aliphatic imine (C=N–C) groups is 1. The van der Waals surface area contributed by atoms with E-state index >= 15 is 0 Å². The van der Waals surface area contributed by atoms with E-state index in [1.165, 1.54) is 0 Å². The van der Waals surface area contributed by atoms with Crippen LogP contribution in [0.3, 0.4) is 0 Å². The highest BCUT2D eigenvalue weighted by atomic mass is 79.9. The molecule has 0 unspecified atom stereocenters. The zero-order valence-electron chi connectivity index (χ0n) is 5.54. The molecule has 0 aliphatic carbocycles. The molecular weight excluding hydrogens is 224 g/mol. The molecule has 1 aliphatic heterocycles. The molecule has 0 aromatic heterocycles. The monoisotopic (exact) mass is 228 g/mol. The van der Waals surface area contributed by atoms with Crippen molar-refractivity contribution in [3.63, 3.8) is 0 Å². The minimum atomic E-state index is 1.02. The summed E-state index contributed by atoms with van der Waals surface area (Å²) in [4.78, 5) is 5.31. The normalized spacial score (nSPS) is 13.9. The van der Waals surface area contributed by atoms with Gasteiger partial charge in [-0.1, -0.05) is 15.9 Å². The first-order valence-electron chi connectivity index (χ1n) is 3.11. The van der Waals surface area contributed by atoms with E-state index in [1.54, 1.807) is 18.3 Å². The van der Waals surface area contributed by atoms with Gasteiger partial charge < -0.3 is 4.72 Å². The fraction of sp³-hybridized carbons (Fsp3) is 0. The van der Waals surface area contributed by atoms with Gasteiger partial charge in [0.25, 0.3) is 0 Å². The molecule has 0 fully saturated rings. The molecule has 4 heteroatoms. The molecule has 0 saturated carbocycles. The van der Waals surface area contributed by atoms with Crippen molar-refractivity contribution in [2.75, 3.05) is 0 Å². The van der Waals surface area contributed by atoms with Gasteiger partial charge in [0.2, 0.25) is 0 Å². The molecule has 0 saturated heterocycles. The number of halogens is 1. The maximum atomic E-state index is 4.16. The van der Waals surface area contributed by atoms with Crippen LogP contribution in [0.15, 0.2) is 32.6 Å². The Morgan fingerprint density at radius 1 is 1.45 bits per heavy atom. The molecule has 0 bridgehead atoms. The second-order valence-corrected chi connectivity index (χ2v) is 3.89. The Morgan fingerprint density at radius 3 is 3.27 bits per heavy atom. The highest BCUT2D eigenvalue weighted by Gasteiger charge is 2.04. The number of benzene rings is 1. The lowest BCUT2D eigenvalue weighted by Gasteiger charge is -2.09. The first-order valence-corrected chi connectivity index (χ1v) is 4.72. The largest absolute Gasteiger partial charge is 0.316 e. The van der Waals surface area contributed by atoms with Crippen LogP contribution in [0.4, 0.5) is 5.69 Å². The Kier molecular flexibility index (Phi) is 1.87. The topological polar surface area (TPSA) is 24.4 Å². The van der Waals surface area contributed by atoms with Crippen molar-refractivity contribution in [2.24, 2.45) is 4.99 Å². The van der Waals surface area contributed by atoms with E-state index in [0.717, 1.165) is 15.1 Å².